The summed E-state index contributed by atoms with van der Waals surface area (Å²) < 4.78 is 16.2. The lowest BCUT2D eigenvalue weighted by Gasteiger charge is -2.41. The highest BCUT2D eigenvalue weighted by Gasteiger charge is 2.53. The minimum atomic E-state index is -1.04. The largest absolute Gasteiger partial charge is 0.497 e. The van der Waals surface area contributed by atoms with Crippen LogP contribution in [0.4, 0.5) is 0 Å². The Morgan fingerprint density at radius 2 is 1.70 bits per heavy atom. The summed E-state index contributed by atoms with van der Waals surface area (Å²) in [6, 6.07) is 15.1. The fourth-order valence-electron chi connectivity index (χ4n) is 5.61. The molecule has 0 radical (unpaired) electrons. The molecule has 1 aliphatic heterocycles. The predicted molar refractivity (Wildman–Crippen MR) is 140 cm³/mol. The van der Waals surface area contributed by atoms with Crippen molar-refractivity contribution in [2.24, 2.45) is 16.8 Å². The van der Waals surface area contributed by atoms with E-state index in [9.17, 15) is 14.4 Å². The second-order valence-corrected chi connectivity index (χ2v) is 9.35. The zero-order chi connectivity index (χ0) is 26.7. The number of benzene rings is 2. The van der Waals surface area contributed by atoms with E-state index in [2.05, 4.69) is 0 Å². The molecule has 2 aromatic carbocycles. The lowest BCUT2D eigenvalue weighted by molar-refractivity contribution is -0.153. The maximum absolute atomic E-state index is 14.4. The van der Waals surface area contributed by atoms with Crippen LogP contribution in [0, 0.1) is 18.8 Å². The maximum atomic E-state index is 14.4. The first-order chi connectivity index (χ1) is 17.8. The Bertz CT molecular complexity index is 1280. The summed E-state index contributed by atoms with van der Waals surface area (Å²) in [6.07, 6.45) is 0.378. The molecule has 0 spiro atoms. The third kappa shape index (κ3) is 4.95. The minimum absolute atomic E-state index is 0.160. The summed E-state index contributed by atoms with van der Waals surface area (Å²) in [6.45, 7) is 7.56. The van der Waals surface area contributed by atoms with Crippen LogP contribution in [0.3, 0.4) is 0 Å². The summed E-state index contributed by atoms with van der Waals surface area (Å²) in [5, 5.41) is 0. The van der Waals surface area contributed by atoms with Gasteiger partial charge in [0, 0.05) is 23.2 Å². The van der Waals surface area contributed by atoms with Gasteiger partial charge in [-0.3, -0.25) is 14.6 Å². The quantitative estimate of drug-likeness (QED) is 0.393. The number of aryl methyl sites for hydroxylation is 1. The van der Waals surface area contributed by atoms with Crippen LogP contribution in [-0.4, -0.2) is 43.8 Å². The number of rotatable bonds is 7. The third-order valence-corrected chi connectivity index (χ3v) is 7.23. The van der Waals surface area contributed by atoms with Crippen LogP contribution < -0.4 is 4.74 Å². The van der Waals surface area contributed by atoms with Gasteiger partial charge < -0.3 is 14.2 Å². The normalized spacial score (nSPS) is 23.2. The Balaban J connectivity index is 1.91. The summed E-state index contributed by atoms with van der Waals surface area (Å²) in [4.78, 5) is 45.6. The second-order valence-electron chi connectivity index (χ2n) is 9.35. The van der Waals surface area contributed by atoms with Crippen LogP contribution in [0.1, 0.15) is 55.7 Å². The van der Waals surface area contributed by atoms with Crippen molar-refractivity contribution in [3.05, 3.63) is 76.5 Å². The van der Waals surface area contributed by atoms with Crippen LogP contribution in [-0.2, 0) is 23.9 Å². The van der Waals surface area contributed by atoms with E-state index in [1.54, 1.807) is 27.9 Å². The zero-order valence-electron chi connectivity index (χ0n) is 21.9. The van der Waals surface area contributed by atoms with E-state index in [1.807, 2.05) is 55.5 Å². The molecule has 2 aliphatic rings. The van der Waals surface area contributed by atoms with Crippen LogP contribution in [0.5, 0.6) is 5.75 Å². The van der Waals surface area contributed by atoms with Crippen molar-refractivity contribution in [3.63, 3.8) is 0 Å². The number of carbonyl (C=O) groups is 3. The van der Waals surface area contributed by atoms with Gasteiger partial charge in [0.1, 0.15) is 11.7 Å². The van der Waals surface area contributed by atoms with Gasteiger partial charge in [0.2, 0.25) is 0 Å². The molecule has 7 heteroatoms. The van der Waals surface area contributed by atoms with Crippen molar-refractivity contribution in [3.8, 4) is 5.75 Å². The number of carbonyl (C=O) groups excluding carboxylic acids is 3. The lowest BCUT2D eigenvalue weighted by Crippen LogP contribution is -2.49. The monoisotopic (exact) mass is 503 g/mol. The molecule has 2 aromatic rings. The van der Waals surface area contributed by atoms with E-state index < -0.39 is 35.6 Å². The highest BCUT2D eigenvalue weighted by molar-refractivity contribution is 6.17. The summed E-state index contributed by atoms with van der Waals surface area (Å²) in [5.41, 5.74) is 4.15. The van der Waals surface area contributed by atoms with Crippen molar-refractivity contribution < 1.29 is 28.6 Å². The molecule has 0 N–H and O–H groups in total. The third-order valence-electron chi connectivity index (χ3n) is 7.23. The Labute approximate surface area is 217 Å². The minimum Gasteiger partial charge on any atom is -0.497 e. The number of esters is 2. The van der Waals surface area contributed by atoms with Crippen LogP contribution in [0.2, 0.25) is 0 Å². The van der Waals surface area contributed by atoms with E-state index in [0.717, 1.165) is 16.7 Å². The van der Waals surface area contributed by atoms with E-state index in [4.69, 9.17) is 19.2 Å². The van der Waals surface area contributed by atoms with Crippen molar-refractivity contribution in [1.82, 2.24) is 0 Å². The number of aliphatic imine (C=N–C) groups is 1. The van der Waals surface area contributed by atoms with Crippen molar-refractivity contribution in [2.75, 3.05) is 20.3 Å². The second kappa shape index (κ2) is 11.1. The fraction of sp³-hybridized carbons (Fsp3) is 0.400. The number of ketones is 1. The molecule has 1 heterocycles. The molecule has 0 amide bonds. The summed E-state index contributed by atoms with van der Waals surface area (Å²) >= 11 is 0. The zero-order valence-corrected chi connectivity index (χ0v) is 21.9. The Morgan fingerprint density at radius 3 is 2.38 bits per heavy atom. The van der Waals surface area contributed by atoms with Crippen LogP contribution in [0.15, 0.2) is 64.8 Å². The van der Waals surface area contributed by atoms with Crippen molar-refractivity contribution in [2.45, 2.75) is 46.0 Å². The number of Topliss-reactive ketones (excluding diaryl/α,β-unsaturated/α-hetero) is 1. The van der Waals surface area contributed by atoms with E-state index >= 15 is 0 Å². The lowest BCUT2D eigenvalue weighted by atomic mass is 9.62. The molecule has 0 saturated heterocycles. The average Bonchev–Trinajstić information content (AvgIpc) is 2.88. The number of allylic oxidation sites excluding steroid dienone is 1. The average molecular weight is 504 g/mol. The number of fused-ring (bicyclic) bond motifs is 1. The van der Waals surface area contributed by atoms with Gasteiger partial charge in [0.15, 0.2) is 5.78 Å². The SMILES string of the molecule is CCOC(=O)C1=C(C)N=C2C[C@@H](c3cccc(OC)c3)[C@@H](C(=O)OCC)C(=O)C2[C@@H]1c1ccccc1C. The molecular formula is C30H33NO6. The Kier molecular flexibility index (Phi) is 7.91. The first kappa shape index (κ1) is 26.3. The van der Waals surface area contributed by atoms with Gasteiger partial charge in [-0.1, -0.05) is 36.4 Å². The smallest absolute Gasteiger partial charge is 0.336 e. The highest BCUT2D eigenvalue weighted by Crippen LogP contribution is 2.49. The molecule has 1 unspecified atom stereocenters. The van der Waals surface area contributed by atoms with Gasteiger partial charge in [0.05, 0.1) is 31.8 Å². The summed E-state index contributed by atoms with van der Waals surface area (Å²) in [5.74, 6) is -3.60. The van der Waals surface area contributed by atoms with E-state index in [-0.39, 0.29) is 19.0 Å². The molecule has 7 nitrogen and oxygen atoms in total. The molecule has 194 valence electrons. The number of nitrogens with zero attached hydrogens (tertiary/aromatic N) is 1. The van der Waals surface area contributed by atoms with Gasteiger partial charge in [-0.15, -0.1) is 0 Å². The predicted octanol–water partition coefficient (Wildman–Crippen LogP) is 4.93. The van der Waals surface area contributed by atoms with Gasteiger partial charge in [-0.2, -0.15) is 0 Å². The van der Waals surface area contributed by atoms with E-state index in [1.165, 1.54) is 0 Å². The Morgan fingerprint density at radius 1 is 0.973 bits per heavy atom. The molecule has 0 aromatic heterocycles. The molecule has 37 heavy (non-hydrogen) atoms. The topological polar surface area (TPSA) is 91.3 Å². The van der Waals surface area contributed by atoms with Gasteiger partial charge >= 0.3 is 11.9 Å². The number of hydrogen-bond acceptors (Lipinski definition) is 7. The molecular weight excluding hydrogens is 470 g/mol. The van der Waals surface area contributed by atoms with Gasteiger partial charge in [-0.25, -0.2) is 4.79 Å². The first-order valence-corrected chi connectivity index (χ1v) is 12.7. The molecule has 4 atom stereocenters. The highest BCUT2D eigenvalue weighted by atomic mass is 16.5. The van der Waals surface area contributed by atoms with Crippen molar-refractivity contribution in [1.29, 1.82) is 0 Å². The fourth-order valence-corrected chi connectivity index (χ4v) is 5.61. The molecule has 0 bridgehead atoms. The van der Waals surface area contributed by atoms with Gasteiger partial charge in [0.25, 0.3) is 0 Å². The standard InChI is InChI=1S/C30H33NO6/c1-6-36-29(33)24-18(4)31-23-16-22(19-12-10-13-20(15-19)35-5)26(30(34)37-7-2)28(32)27(23)25(24)21-14-9-8-11-17(21)3/h8-15,22,25-27H,6-7,16H2,1-5H3/t22-,25+,26+,27?/m0/s1. The number of methoxy groups -OCH3 is 1. The number of hydrogen-bond donors (Lipinski definition) is 0. The molecule has 4 rings (SSSR count). The Hall–Kier alpha value is -3.74. The van der Waals surface area contributed by atoms with Crippen LogP contribution >= 0.6 is 0 Å². The maximum Gasteiger partial charge on any atom is 0.336 e. The van der Waals surface area contributed by atoms with E-state index in [0.29, 0.717) is 29.2 Å². The summed E-state index contributed by atoms with van der Waals surface area (Å²) in [7, 11) is 1.58. The van der Waals surface area contributed by atoms with Crippen molar-refractivity contribution >= 4 is 23.4 Å². The molecule has 1 saturated carbocycles. The number of ether oxygens (including phenoxy) is 3. The first-order valence-electron chi connectivity index (χ1n) is 12.7. The molecule has 1 aliphatic carbocycles. The van der Waals surface area contributed by atoms with Gasteiger partial charge in [-0.05, 0) is 62.9 Å². The molecule has 1 fully saturated rings. The van der Waals surface area contributed by atoms with Crippen LogP contribution in [0.25, 0.3) is 0 Å².